The van der Waals surface area contributed by atoms with Crippen molar-refractivity contribution in [1.29, 1.82) is 5.26 Å². The lowest BCUT2D eigenvalue weighted by Gasteiger charge is -2.22. The first kappa shape index (κ1) is 15.1. The highest BCUT2D eigenvalue weighted by Gasteiger charge is 2.27. The van der Waals surface area contributed by atoms with Gasteiger partial charge in [0.25, 0.3) is 5.69 Å². The van der Waals surface area contributed by atoms with Crippen molar-refractivity contribution < 1.29 is 13.3 Å². The fourth-order valence-electron chi connectivity index (χ4n) is 1.51. The number of benzene rings is 1. The first-order valence-electron chi connectivity index (χ1n) is 5.44. The zero-order valence-corrected chi connectivity index (χ0v) is 11.3. The Morgan fingerprint density at radius 2 is 2.11 bits per heavy atom. The summed E-state index contributed by atoms with van der Waals surface area (Å²) < 4.78 is 25.6. The summed E-state index contributed by atoms with van der Waals surface area (Å²) in [6.07, 6.45) is 0. The Kier molecular flexibility index (Phi) is 4.58. The summed E-state index contributed by atoms with van der Waals surface area (Å²) in [5, 5.41) is 19.3. The fraction of sp³-hybridized carbons (Fsp3) is 0.364. The second kappa shape index (κ2) is 5.77. The number of nitriles is 1. The molecule has 0 radical (unpaired) electrons. The largest absolute Gasteiger partial charge is 0.270 e. The molecule has 1 rings (SSSR count). The number of non-ortho nitro benzene ring substituents is 1. The summed E-state index contributed by atoms with van der Waals surface area (Å²) >= 11 is 0. The Labute approximate surface area is 111 Å². The molecule has 102 valence electrons. The van der Waals surface area contributed by atoms with E-state index in [1.807, 2.05) is 0 Å². The lowest BCUT2D eigenvalue weighted by atomic mass is 10.3. The molecule has 0 saturated carbocycles. The minimum atomic E-state index is -3.91. The van der Waals surface area contributed by atoms with E-state index < -0.39 is 21.0 Å². The Morgan fingerprint density at radius 1 is 1.47 bits per heavy atom. The number of sulfonamides is 1. The van der Waals surface area contributed by atoms with E-state index in [0.717, 1.165) is 10.4 Å². The van der Waals surface area contributed by atoms with Gasteiger partial charge in [0, 0.05) is 18.2 Å². The maximum Gasteiger partial charge on any atom is 0.270 e. The minimum absolute atomic E-state index is 0.189. The van der Waals surface area contributed by atoms with Crippen molar-refractivity contribution in [3.63, 3.8) is 0 Å². The van der Waals surface area contributed by atoms with Crippen molar-refractivity contribution in [3.8, 4) is 6.07 Å². The third-order valence-corrected chi connectivity index (χ3v) is 4.46. The molecule has 8 heteroatoms. The fourth-order valence-corrected chi connectivity index (χ4v) is 3.08. The van der Waals surface area contributed by atoms with Crippen LogP contribution in [0.5, 0.6) is 0 Å². The molecule has 0 fully saturated rings. The van der Waals surface area contributed by atoms with Crippen molar-refractivity contribution in [1.82, 2.24) is 4.31 Å². The monoisotopic (exact) mass is 283 g/mol. The molecule has 0 unspecified atom stereocenters. The molecule has 0 aromatic heterocycles. The van der Waals surface area contributed by atoms with Crippen LogP contribution in [0.15, 0.2) is 29.2 Å². The topological polar surface area (TPSA) is 104 Å². The van der Waals surface area contributed by atoms with Crippen molar-refractivity contribution in [2.45, 2.75) is 24.8 Å². The molecule has 1 aromatic rings. The standard InChI is InChI=1S/C11H13N3O4S/c1-9(2)13(7-6-12)19(17,18)11-5-3-4-10(8-11)14(15)16/h3-5,8-9H,7H2,1-2H3. The zero-order valence-electron chi connectivity index (χ0n) is 10.5. The lowest BCUT2D eigenvalue weighted by Crippen LogP contribution is -2.37. The average molecular weight is 283 g/mol. The Bertz CT molecular complexity index is 619. The molecule has 0 heterocycles. The average Bonchev–Trinajstić information content (AvgIpc) is 2.35. The quantitative estimate of drug-likeness (QED) is 0.463. The molecule has 19 heavy (non-hydrogen) atoms. The normalized spacial score (nSPS) is 11.5. The van der Waals surface area contributed by atoms with Crippen molar-refractivity contribution in [3.05, 3.63) is 34.4 Å². The van der Waals surface area contributed by atoms with Gasteiger partial charge in [-0.1, -0.05) is 6.07 Å². The van der Waals surface area contributed by atoms with E-state index in [-0.39, 0.29) is 17.1 Å². The third-order valence-electron chi connectivity index (χ3n) is 2.44. The van der Waals surface area contributed by atoms with E-state index >= 15 is 0 Å². The Balaban J connectivity index is 3.30. The number of rotatable bonds is 5. The Hall–Kier alpha value is -1.98. The van der Waals surface area contributed by atoms with Gasteiger partial charge in [-0.15, -0.1) is 0 Å². The van der Waals surface area contributed by atoms with E-state index in [0.29, 0.717) is 0 Å². The molecule has 0 aliphatic carbocycles. The van der Waals surface area contributed by atoms with E-state index in [4.69, 9.17) is 5.26 Å². The molecule has 0 aliphatic heterocycles. The van der Waals surface area contributed by atoms with E-state index in [1.54, 1.807) is 19.9 Å². The van der Waals surface area contributed by atoms with Gasteiger partial charge in [0.2, 0.25) is 10.0 Å². The molecule has 0 atom stereocenters. The molecule has 1 aromatic carbocycles. The first-order valence-corrected chi connectivity index (χ1v) is 6.88. The SMILES string of the molecule is CC(C)N(CC#N)S(=O)(=O)c1cccc([N+](=O)[O-])c1. The zero-order chi connectivity index (χ0) is 14.6. The van der Waals surface area contributed by atoms with Gasteiger partial charge in [-0.2, -0.15) is 9.57 Å². The predicted molar refractivity (Wildman–Crippen MR) is 67.7 cm³/mol. The molecule has 0 saturated heterocycles. The van der Waals surface area contributed by atoms with Gasteiger partial charge in [-0.3, -0.25) is 10.1 Å². The first-order chi connectivity index (χ1) is 8.80. The summed E-state index contributed by atoms with van der Waals surface area (Å²) in [6, 6.07) is 6.14. The molecule has 0 bridgehead atoms. The van der Waals surface area contributed by atoms with Gasteiger partial charge < -0.3 is 0 Å². The van der Waals surface area contributed by atoms with Crippen LogP contribution in [0.1, 0.15) is 13.8 Å². The molecule has 7 nitrogen and oxygen atoms in total. The number of nitro groups is 1. The van der Waals surface area contributed by atoms with Crippen molar-refractivity contribution in [2.24, 2.45) is 0 Å². The Morgan fingerprint density at radius 3 is 2.58 bits per heavy atom. The smallest absolute Gasteiger partial charge is 0.258 e. The number of nitrogens with zero attached hydrogens (tertiary/aromatic N) is 3. The van der Waals surface area contributed by atoms with E-state index in [9.17, 15) is 18.5 Å². The highest BCUT2D eigenvalue weighted by atomic mass is 32.2. The maximum atomic E-state index is 12.3. The summed E-state index contributed by atoms with van der Waals surface area (Å²) in [5.41, 5.74) is -0.304. The lowest BCUT2D eigenvalue weighted by molar-refractivity contribution is -0.385. The summed E-state index contributed by atoms with van der Waals surface area (Å²) in [7, 11) is -3.91. The van der Waals surface area contributed by atoms with Crippen molar-refractivity contribution in [2.75, 3.05) is 6.54 Å². The van der Waals surface area contributed by atoms with Gasteiger partial charge in [0.1, 0.15) is 6.54 Å². The van der Waals surface area contributed by atoms with Gasteiger partial charge >= 0.3 is 0 Å². The van der Waals surface area contributed by atoms with Crippen LogP contribution in [0.2, 0.25) is 0 Å². The van der Waals surface area contributed by atoms with Gasteiger partial charge in [-0.25, -0.2) is 8.42 Å². The molecule has 0 N–H and O–H groups in total. The summed E-state index contributed by atoms with van der Waals surface area (Å²) in [5.74, 6) is 0. The minimum Gasteiger partial charge on any atom is -0.258 e. The number of nitro benzene ring substituents is 1. The van der Waals surface area contributed by atoms with Gasteiger partial charge in [0.05, 0.1) is 15.9 Å². The second-order valence-electron chi connectivity index (χ2n) is 4.06. The number of hydrogen-bond donors (Lipinski definition) is 0. The predicted octanol–water partition coefficient (Wildman–Crippen LogP) is 1.52. The molecule has 0 aliphatic rings. The van der Waals surface area contributed by atoms with Crippen molar-refractivity contribution >= 4 is 15.7 Å². The molecule has 0 amide bonds. The van der Waals surface area contributed by atoms with Crippen LogP contribution in [0, 0.1) is 21.4 Å². The highest BCUT2D eigenvalue weighted by Crippen LogP contribution is 2.22. The third kappa shape index (κ3) is 3.27. The van der Waals surface area contributed by atoms with Crippen LogP contribution in [0.25, 0.3) is 0 Å². The second-order valence-corrected chi connectivity index (χ2v) is 5.95. The summed E-state index contributed by atoms with van der Waals surface area (Å²) in [4.78, 5) is 9.80. The van der Waals surface area contributed by atoms with Crippen LogP contribution in [0.4, 0.5) is 5.69 Å². The van der Waals surface area contributed by atoms with Crippen LogP contribution < -0.4 is 0 Å². The van der Waals surface area contributed by atoms with Crippen LogP contribution in [-0.4, -0.2) is 30.2 Å². The van der Waals surface area contributed by atoms with E-state index in [1.165, 1.54) is 18.2 Å². The highest BCUT2D eigenvalue weighted by molar-refractivity contribution is 7.89. The van der Waals surface area contributed by atoms with E-state index in [2.05, 4.69) is 0 Å². The molecular formula is C11H13N3O4S. The maximum absolute atomic E-state index is 12.3. The molecule has 0 spiro atoms. The van der Waals surface area contributed by atoms with Gasteiger partial charge in [-0.05, 0) is 19.9 Å². The number of hydrogen-bond acceptors (Lipinski definition) is 5. The van der Waals surface area contributed by atoms with Crippen LogP contribution in [0.3, 0.4) is 0 Å². The van der Waals surface area contributed by atoms with Crippen LogP contribution in [-0.2, 0) is 10.0 Å². The van der Waals surface area contributed by atoms with Crippen LogP contribution >= 0.6 is 0 Å². The van der Waals surface area contributed by atoms with Gasteiger partial charge in [0.15, 0.2) is 0 Å². The summed E-state index contributed by atoms with van der Waals surface area (Å²) in [6.45, 7) is 2.96. The molecular weight excluding hydrogens is 270 g/mol.